The molecule has 2 heterocycles. The van der Waals surface area contributed by atoms with Gasteiger partial charge in [0.2, 0.25) is 5.91 Å². The average molecular weight is 391 g/mol. The highest BCUT2D eigenvalue weighted by Gasteiger charge is 2.36. The van der Waals surface area contributed by atoms with Crippen molar-refractivity contribution in [3.63, 3.8) is 0 Å². The largest absolute Gasteiger partial charge is 0.342 e. The Kier molecular flexibility index (Phi) is 6.29. The second-order valence-corrected chi connectivity index (χ2v) is 8.99. The molecule has 3 nitrogen and oxygen atoms in total. The maximum atomic E-state index is 13.9. The molecule has 0 N–H and O–H groups in total. The molecule has 0 unspecified atom stereocenters. The molecule has 1 amide bonds. The summed E-state index contributed by atoms with van der Waals surface area (Å²) in [6.07, 6.45) is 9.16. The Morgan fingerprint density at radius 3 is 2.39 bits per heavy atom. The number of hydrogen-bond donors (Lipinski definition) is 0. The van der Waals surface area contributed by atoms with E-state index >= 15 is 0 Å². The highest BCUT2D eigenvalue weighted by molar-refractivity contribution is 5.79. The fourth-order valence-corrected chi connectivity index (χ4v) is 5.47. The Morgan fingerprint density at radius 2 is 1.64 bits per heavy atom. The topological polar surface area (TPSA) is 23.6 Å². The Morgan fingerprint density at radius 1 is 0.929 bits per heavy atom. The molecular weight excluding hydrogens is 358 g/mol. The van der Waals surface area contributed by atoms with Crippen LogP contribution in [0.5, 0.6) is 0 Å². The van der Waals surface area contributed by atoms with Crippen molar-refractivity contribution >= 4 is 5.91 Å². The lowest BCUT2D eigenvalue weighted by atomic mass is 9.83. The van der Waals surface area contributed by atoms with Crippen LogP contribution in [0.1, 0.15) is 56.9 Å². The minimum atomic E-state index is -0.763. The first-order chi connectivity index (χ1) is 13.6. The van der Waals surface area contributed by atoms with E-state index in [1.807, 2.05) is 0 Å². The highest BCUT2D eigenvalue weighted by atomic mass is 19.2. The summed E-state index contributed by atoms with van der Waals surface area (Å²) in [4.78, 5) is 17.2. The third-order valence-electron chi connectivity index (χ3n) is 7.22. The Bertz CT molecular complexity index is 681. The summed E-state index contributed by atoms with van der Waals surface area (Å²) in [6, 6.07) is 4.43. The molecule has 0 bridgehead atoms. The van der Waals surface area contributed by atoms with Gasteiger partial charge in [-0.15, -0.1) is 0 Å². The Hall–Kier alpha value is -1.49. The van der Waals surface area contributed by atoms with Crippen molar-refractivity contribution < 1.29 is 13.6 Å². The van der Waals surface area contributed by atoms with E-state index in [-0.39, 0.29) is 5.92 Å². The zero-order valence-electron chi connectivity index (χ0n) is 16.7. The van der Waals surface area contributed by atoms with Crippen LogP contribution >= 0.6 is 0 Å². The molecule has 3 aliphatic rings. The van der Waals surface area contributed by atoms with E-state index in [2.05, 4.69) is 9.80 Å². The number of rotatable bonds is 4. The van der Waals surface area contributed by atoms with Crippen molar-refractivity contribution in [3.05, 3.63) is 35.4 Å². The van der Waals surface area contributed by atoms with Crippen LogP contribution in [0, 0.1) is 29.4 Å². The number of piperidine rings is 1. The molecule has 4 rings (SSSR count). The second-order valence-electron chi connectivity index (χ2n) is 8.99. The van der Waals surface area contributed by atoms with Gasteiger partial charge in [0.05, 0.1) is 0 Å². The summed E-state index contributed by atoms with van der Waals surface area (Å²) in [5.74, 6) is 0.466. The maximum Gasteiger partial charge on any atom is 0.225 e. The van der Waals surface area contributed by atoms with Gasteiger partial charge in [0.1, 0.15) is 0 Å². The molecule has 1 aliphatic carbocycles. The molecule has 1 saturated carbocycles. The predicted octanol–water partition coefficient (Wildman–Crippen LogP) is 4.61. The van der Waals surface area contributed by atoms with E-state index in [0.29, 0.717) is 29.9 Å². The smallest absolute Gasteiger partial charge is 0.225 e. The standard InChI is InChI=1S/C23H32F2N2O/c24-21-8-4-7-20(22(21)25)15-26-12-9-17(10-13-26)19-11-14-27(16-19)23(28)18-5-2-1-3-6-18/h4,7-8,17-19H,1-3,5-6,9-16H2/t19-/m1/s1. The molecule has 1 aromatic rings. The summed E-state index contributed by atoms with van der Waals surface area (Å²) in [5, 5.41) is 0. The molecule has 0 aromatic heterocycles. The van der Waals surface area contributed by atoms with Crippen molar-refractivity contribution in [3.8, 4) is 0 Å². The lowest BCUT2D eigenvalue weighted by molar-refractivity contribution is -0.135. The lowest BCUT2D eigenvalue weighted by Gasteiger charge is -2.35. The van der Waals surface area contributed by atoms with Crippen molar-refractivity contribution in [2.24, 2.45) is 17.8 Å². The van der Waals surface area contributed by atoms with Crippen molar-refractivity contribution in [2.75, 3.05) is 26.2 Å². The first-order valence-electron chi connectivity index (χ1n) is 11.1. The summed E-state index contributed by atoms with van der Waals surface area (Å²) in [5.41, 5.74) is 0.448. The van der Waals surface area contributed by atoms with Gasteiger partial charge in [-0.3, -0.25) is 9.69 Å². The molecule has 28 heavy (non-hydrogen) atoms. The van der Waals surface area contributed by atoms with E-state index in [1.54, 1.807) is 12.1 Å². The van der Waals surface area contributed by atoms with E-state index in [4.69, 9.17) is 0 Å². The van der Waals surface area contributed by atoms with Crippen LogP contribution in [0.15, 0.2) is 18.2 Å². The summed E-state index contributed by atoms with van der Waals surface area (Å²) in [6.45, 7) is 4.18. The first kappa shape index (κ1) is 19.8. The van der Waals surface area contributed by atoms with Crippen LogP contribution in [0.25, 0.3) is 0 Å². The zero-order valence-corrected chi connectivity index (χ0v) is 16.7. The average Bonchev–Trinajstić information content (AvgIpc) is 3.22. The van der Waals surface area contributed by atoms with Crippen LogP contribution in [-0.2, 0) is 11.3 Å². The van der Waals surface area contributed by atoms with Gasteiger partial charge in [-0.2, -0.15) is 0 Å². The number of halogens is 2. The third kappa shape index (κ3) is 4.40. The highest BCUT2D eigenvalue weighted by Crippen LogP contribution is 2.34. The monoisotopic (exact) mass is 390 g/mol. The first-order valence-corrected chi connectivity index (χ1v) is 11.1. The van der Waals surface area contributed by atoms with Gasteiger partial charge in [0.25, 0.3) is 0 Å². The van der Waals surface area contributed by atoms with E-state index in [1.165, 1.54) is 25.3 Å². The Labute approximate surface area is 167 Å². The van der Waals surface area contributed by atoms with E-state index in [9.17, 15) is 13.6 Å². The van der Waals surface area contributed by atoms with Crippen LogP contribution < -0.4 is 0 Å². The van der Waals surface area contributed by atoms with Gasteiger partial charge in [-0.25, -0.2) is 8.78 Å². The number of hydrogen-bond acceptors (Lipinski definition) is 2. The molecule has 5 heteroatoms. The number of carbonyl (C=O) groups is 1. The predicted molar refractivity (Wildman–Crippen MR) is 106 cm³/mol. The fraction of sp³-hybridized carbons (Fsp3) is 0.696. The van der Waals surface area contributed by atoms with Crippen molar-refractivity contribution in [1.82, 2.24) is 9.80 Å². The molecule has 2 aliphatic heterocycles. The van der Waals surface area contributed by atoms with Crippen LogP contribution in [0.2, 0.25) is 0 Å². The third-order valence-corrected chi connectivity index (χ3v) is 7.22. The van der Waals surface area contributed by atoms with Crippen LogP contribution in [0.3, 0.4) is 0 Å². The van der Waals surface area contributed by atoms with Gasteiger partial charge in [0.15, 0.2) is 11.6 Å². The Balaban J connectivity index is 1.25. The van der Waals surface area contributed by atoms with E-state index < -0.39 is 11.6 Å². The number of carbonyl (C=O) groups excluding carboxylic acids is 1. The summed E-state index contributed by atoms with van der Waals surface area (Å²) in [7, 11) is 0. The minimum absolute atomic E-state index is 0.274. The molecular formula is C23H32F2N2O. The summed E-state index contributed by atoms with van der Waals surface area (Å²) < 4.78 is 27.3. The lowest BCUT2D eigenvalue weighted by Crippen LogP contribution is -2.38. The van der Waals surface area contributed by atoms with Gasteiger partial charge in [-0.05, 0) is 63.1 Å². The molecule has 1 atom stereocenters. The van der Waals surface area contributed by atoms with Crippen molar-refractivity contribution in [1.29, 1.82) is 0 Å². The zero-order chi connectivity index (χ0) is 19.5. The molecule has 0 spiro atoms. The summed E-state index contributed by atoms with van der Waals surface area (Å²) >= 11 is 0. The van der Waals surface area contributed by atoms with Crippen LogP contribution in [-0.4, -0.2) is 41.9 Å². The molecule has 0 radical (unpaired) electrons. The fourth-order valence-electron chi connectivity index (χ4n) is 5.47. The van der Waals surface area contributed by atoms with Crippen LogP contribution in [0.4, 0.5) is 8.78 Å². The molecule has 3 fully saturated rings. The SMILES string of the molecule is O=C(C1CCCCC1)N1CC[C@@H](C2CCN(Cc3cccc(F)c3F)CC2)C1. The maximum absolute atomic E-state index is 13.9. The van der Waals surface area contributed by atoms with Gasteiger partial charge < -0.3 is 4.90 Å². The van der Waals surface area contributed by atoms with Gasteiger partial charge in [-0.1, -0.05) is 31.4 Å². The molecule has 1 aromatic carbocycles. The number of likely N-dealkylation sites (tertiary alicyclic amines) is 2. The number of benzene rings is 1. The number of nitrogens with zero attached hydrogens (tertiary/aromatic N) is 2. The second kappa shape index (κ2) is 8.89. The molecule has 2 saturated heterocycles. The van der Waals surface area contributed by atoms with Gasteiger partial charge in [0, 0.05) is 31.1 Å². The van der Waals surface area contributed by atoms with E-state index in [0.717, 1.165) is 58.3 Å². The van der Waals surface area contributed by atoms with Crippen molar-refractivity contribution in [2.45, 2.75) is 57.9 Å². The molecule has 154 valence electrons. The van der Waals surface area contributed by atoms with Gasteiger partial charge >= 0.3 is 0 Å². The quantitative estimate of drug-likeness (QED) is 0.750. The number of amides is 1. The minimum Gasteiger partial charge on any atom is -0.342 e. The normalized spacial score (nSPS) is 25.4.